The summed E-state index contributed by atoms with van der Waals surface area (Å²) < 4.78 is 0. The lowest BCUT2D eigenvalue weighted by atomic mass is 10.1. The van der Waals surface area contributed by atoms with Crippen LogP contribution in [0.1, 0.15) is 59.8 Å². The van der Waals surface area contributed by atoms with Gasteiger partial charge in [-0.1, -0.05) is 47.0 Å². The van der Waals surface area contributed by atoms with Gasteiger partial charge in [-0.2, -0.15) is 0 Å². The molecule has 1 saturated heterocycles. The first-order chi connectivity index (χ1) is 10.8. The number of aromatic nitrogens is 2. The molecule has 1 aliphatic heterocycles. The standard InChI is InChI=1S/C10H14N4O.C5H12.C2H6/c15-8-13-9-1-5-14(6-2-9)10-7-11-3-4-12-10;1-3-5-4-2;1-2/h3-4,7-9H,1-2,5-6H2,(H,13,15);3-5H2,1-2H3;1-2H3. The van der Waals surface area contributed by atoms with Gasteiger partial charge >= 0.3 is 0 Å². The zero-order valence-electron chi connectivity index (χ0n) is 14.6. The van der Waals surface area contributed by atoms with Gasteiger partial charge in [0.25, 0.3) is 0 Å². The molecule has 0 atom stereocenters. The molecule has 126 valence electrons. The minimum atomic E-state index is 0.315. The predicted octanol–water partition coefficient (Wildman–Crippen LogP) is 3.41. The molecule has 2 heterocycles. The quantitative estimate of drug-likeness (QED) is 0.847. The van der Waals surface area contributed by atoms with E-state index in [1.165, 1.54) is 19.3 Å². The van der Waals surface area contributed by atoms with Crippen LogP contribution in [-0.4, -0.2) is 35.5 Å². The molecule has 1 amide bonds. The van der Waals surface area contributed by atoms with E-state index in [0.29, 0.717) is 6.04 Å². The zero-order chi connectivity index (χ0) is 16.6. The maximum absolute atomic E-state index is 10.3. The van der Waals surface area contributed by atoms with E-state index in [1.54, 1.807) is 18.6 Å². The lowest BCUT2D eigenvalue weighted by Gasteiger charge is -2.32. The number of amides is 1. The third-order valence-electron chi connectivity index (χ3n) is 3.38. The van der Waals surface area contributed by atoms with Crippen LogP contribution in [0.5, 0.6) is 0 Å². The van der Waals surface area contributed by atoms with E-state index in [9.17, 15) is 4.79 Å². The molecule has 1 aliphatic rings. The Bertz CT molecular complexity index is 349. The van der Waals surface area contributed by atoms with Gasteiger partial charge in [-0.15, -0.1) is 0 Å². The summed E-state index contributed by atoms with van der Waals surface area (Å²) in [4.78, 5) is 20.8. The van der Waals surface area contributed by atoms with Crippen molar-refractivity contribution in [2.45, 2.75) is 65.8 Å². The fraction of sp³-hybridized carbons (Fsp3) is 0.706. The second kappa shape index (κ2) is 14.3. The minimum Gasteiger partial charge on any atom is -0.356 e. The van der Waals surface area contributed by atoms with E-state index in [2.05, 4.69) is 34.0 Å². The van der Waals surface area contributed by atoms with Crippen molar-refractivity contribution in [3.63, 3.8) is 0 Å². The molecule has 0 unspecified atom stereocenters. The molecule has 1 fully saturated rings. The van der Waals surface area contributed by atoms with Gasteiger partial charge in [0.05, 0.1) is 6.20 Å². The molecule has 0 bridgehead atoms. The van der Waals surface area contributed by atoms with Gasteiger partial charge in [0.2, 0.25) is 6.41 Å². The summed E-state index contributed by atoms with van der Waals surface area (Å²) in [6.07, 6.45) is 11.9. The Kier molecular flexibility index (Phi) is 13.2. The zero-order valence-corrected chi connectivity index (χ0v) is 14.6. The molecule has 0 aliphatic carbocycles. The lowest BCUT2D eigenvalue weighted by Crippen LogP contribution is -2.42. The monoisotopic (exact) mass is 308 g/mol. The molecule has 1 N–H and O–H groups in total. The number of hydrogen-bond donors (Lipinski definition) is 1. The van der Waals surface area contributed by atoms with E-state index in [0.717, 1.165) is 38.2 Å². The average molecular weight is 308 g/mol. The molecule has 5 nitrogen and oxygen atoms in total. The molecular weight excluding hydrogens is 276 g/mol. The molecule has 22 heavy (non-hydrogen) atoms. The highest BCUT2D eigenvalue weighted by Gasteiger charge is 2.19. The molecular formula is C17H32N4O. The Labute approximate surface area is 135 Å². The number of rotatable bonds is 5. The number of carbonyl (C=O) groups excluding carboxylic acids is 1. The van der Waals surface area contributed by atoms with E-state index >= 15 is 0 Å². The molecule has 0 aromatic carbocycles. The second-order valence-corrected chi connectivity index (χ2v) is 4.96. The van der Waals surface area contributed by atoms with Crippen molar-refractivity contribution >= 4 is 12.2 Å². The van der Waals surface area contributed by atoms with Crippen LogP contribution in [0.2, 0.25) is 0 Å². The minimum absolute atomic E-state index is 0.315. The van der Waals surface area contributed by atoms with Crippen LogP contribution >= 0.6 is 0 Å². The summed E-state index contributed by atoms with van der Waals surface area (Å²) >= 11 is 0. The highest BCUT2D eigenvalue weighted by Crippen LogP contribution is 2.15. The van der Waals surface area contributed by atoms with Gasteiger partial charge in [-0.25, -0.2) is 4.98 Å². The third kappa shape index (κ3) is 8.60. The van der Waals surface area contributed by atoms with Crippen molar-refractivity contribution in [3.8, 4) is 0 Å². The topological polar surface area (TPSA) is 58.1 Å². The number of nitrogens with one attached hydrogen (secondary N) is 1. The Morgan fingerprint density at radius 1 is 1.23 bits per heavy atom. The smallest absolute Gasteiger partial charge is 0.207 e. The Morgan fingerprint density at radius 3 is 2.27 bits per heavy atom. The molecule has 0 radical (unpaired) electrons. The van der Waals surface area contributed by atoms with Crippen LogP contribution in [0.25, 0.3) is 0 Å². The van der Waals surface area contributed by atoms with Gasteiger partial charge < -0.3 is 10.2 Å². The van der Waals surface area contributed by atoms with Gasteiger partial charge in [-0.05, 0) is 12.8 Å². The average Bonchev–Trinajstić information content (AvgIpc) is 2.60. The van der Waals surface area contributed by atoms with Crippen molar-refractivity contribution in [1.29, 1.82) is 0 Å². The molecule has 0 saturated carbocycles. The highest BCUT2D eigenvalue weighted by atomic mass is 16.1. The number of carbonyl (C=O) groups is 1. The fourth-order valence-corrected chi connectivity index (χ4v) is 2.18. The number of nitrogens with zero attached hydrogens (tertiary/aromatic N) is 3. The van der Waals surface area contributed by atoms with Crippen molar-refractivity contribution in [3.05, 3.63) is 18.6 Å². The SMILES string of the molecule is CC.CCCCC.O=CNC1CCN(c2cnccn2)CC1. The van der Waals surface area contributed by atoms with Gasteiger partial charge in [0, 0.05) is 31.5 Å². The maximum atomic E-state index is 10.3. The van der Waals surface area contributed by atoms with Crippen LogP contribution < -0.4 is 10.2 Å². The summed E-state index contributed by atoms with van der Waals surface area (Å²) in [6.45, 7) is 10.3. The molecule has 1 aromatic heterocycles. The maximum Gasteiger partial charge on any atom is 0.207 e. The van der Waals surface area contributed by atoms with Crippen molar-refractivity contribution in [2.75, 3.05) is 18.0 Å². The Balaban J connectivity index is 0.000000540. The van der Waals surface area contributed by atoms with Crippen molar-refractivity contribution in [1.82, 2.24) is 15.3 Å². The largest absolute Gasteiger partial charge is 0.356 e. The van der Waals surface area contributed by atoms with Gasteiger partial charge in [-0.3, -0.25) is 9.78 Å². The predicted molar refractivity (Wildman–Crippen MR) is 93.0 cm³/mol. The third-order valence-corrected chi connectivity index (χ3v) is 3.38. The van der Waals surface area contributed by atoms with Crippen LogP contribution in [0.15, 0.2) is 18.6 Å². The van der Waals surface area contributed by atoms with Crippen LogP contribution in [0.3, 0.4) is 0 Å². The Hall–Kier alpha value is -1.65. The first-order valence-electron chi connectivity index (χ1n) is 8.52. The summed E-state index contributed by atoms with van der Waals surface area (Å²) in [5.74, 6) is 0.919. The summed E-state index contributed by atoms with van der Waals surface area (Å²) in [6, 6.07) is 0.315. The normalized spacial score (nSPS) is 14.1. The van der Waals surface area contributed by atoms with E-state index in [4.69, 9.17) is 0 Å². The van der Waals surface area contributed by atoms with Crippen molar-refractivity contribution < 1.29 is 4.79 Å². The van der Waals surface area contributed by atoms with Gasteiger partial charge in [0.1, 0.15) is 5.82 Å². The molecule has 0 spiro atoms. The molecule has 1 aromatic rings. The summed E-state index contributed by atoms with van der Waals surface area (Å²) in [7, 11) is 0. The summed E-state index contributed by atoms with van der Waals surface area (Å²) in [5, 5.41) is 2.81. The second-order valence-electron chi connectivity index (χ2n) is 4.96. The van der Waals surface area contributed by atoms with Gasteiger partial charge in [0.15, 0.2) is 0 Å². The van der Waals surface area contributed by atoms with Crippen LogP contribution in [0, 0.1) is 0 Å². The number of anilines is 1. The first kappa shape index (κ1) is 20.3. The van der Waals surface area contributed by atoms with Crippen LogP contribution in [-0.2, 0) is 4.79 Å². The number of piperidine rings is 1. The lowest BCUT2D eigenvalue weighted by molar-refractivity contribution is -0.110. The number of hydrogen-bond acceptors (Lipinski definition) is 4. The Morgan fingerprint density at radius 2 is 1.86 bits per heavy atom. The van der Waals surface area contributed by atoms with E-state index in [1.807, 2.05) is 13.8 Å². The van der Waals surface area contributed by atoms with Crippen LogP contribution in [0.4, 0.5) is 5.82 Å². The molecule has 2 rings (SSSR count). The molecule has 5 heteroatoms. The highest BCUT2D eigenvalue weighted by molar-refractivity contribution is 5.47. The van der Waals surface area contributed by atoms with E-state index in [-0.39, 0.29) is 0 Å². The van der Waals surface area contributed by atoms with E-state index < -0.39 is 0 Å². The fourth-order valence-electron chi connectivity index (χ4n) is 2.18. The summed E-state index contributed by atoms with van der Waals surface area (Å²) in [5.41, 5.74) is 0. The van der Waals surface area contributed by atoms with Crippen molar-refractivity contribution in [2.24, 2.45) is 0 Å². The first-order valence-corrected chi connectivity index (χ1v) is 8.52. The number of unbranched alkanes of at least 4 members (excludes halogenated alkanes) is 2.